The van der Waals surface area contributed by atoms with Gasteiger partial charge in [0.15, 0.2) is 5.11 Å². The first kappa shape index (κ1) is 23.9. The maximum atomic E-state index is 12.2. The molecule has 1 amide bonds. The van der Waals surface area contributed by atoms with Gasteiger partial charge in [-0.25, -0.2) is 0 Å². The monoisotopic (exact) mass is 477 g/mol. The molecule has 2 atom stereocenters. The first-order valence-corrected chi connectivity index (χ1v) is 11.9. The molecule has 0 saturated carbocycles. The molecule has 1 aliphatic rings. The number of hydrogen-bond acceptors (Lipinski definition) is 4. The smallest absolute Gasteiger partial charge is 0.226 e. The molecule has 0 aliphatic carbocycles. The Labute approximate surface area is 206 Å². The first-order valence-electron chi connectivity index (χ1n) is 11.5. The number of aryl methyl sites for hydroxylation is 1. The average molecular weight is 478 g/mol. The molecule has 3 heterocycles. The van der Waals surface area contributed by atoms with Gasteiger partial charge in [0.2, 0.25) is 5.91 Å². The molecule has 2 N–H and O–H groups in total. The third-order valence-electron chi connectivity index (χ3n) is 6.07. The second-order valence-electron chi connectivity index (χ2n) is 8.76. The zero-order valence-corrected chi connectivity index (χ0v) is 20.8. The highest BCUT2D eigenvalue weighted by Gasteiger charge is 2.42. The van der Waals surface area contributed by atoms with Crippen molar-refractivity contribution in [3.05, 3.63) is 77.9 Å². The second kappa shape index (κ2) is 10.4. The van der Waals surface area contributed by atoms with Crippen molar-refractivity contribution in [3.8, 4) is 0 Å². The van der Waals surface area contributed by atoms with Crippen LogP contribution in [-0.2, 0) is 16.1 Å². The van der Waals surface area contributed by atoms with Gasteiger partial charge in [-0.3, -0.25) is 9.78 Å². The molecule has 34 heavy (non-hydrogen) atoms. The number of thiocarbonyl (C=S) groups is 1. The number of ether oxygens (including phenoxy) is 1. The summed E-state index contributed by atoms with van der Waals surface area (Å²) in [6.07, 6.45) is 3.87. The standard InChI is InChI=1S/C26H31N5O2S/c1-17(2)25(32)28-20-11-10-19(16-18(20)3)31-24(22-9-7-13-30(22)14-15-33-4)23(29-26(31)34)21-8-5-6-12-27-21/h5-13,16-17,23-24H,14-15H2,1-4H3,(H,28,32)(H,29,34)/t23-,24+/m0/s1. The topological polar surface area (TPSA) is 71.4 Å². The summed E-state index contributed by atoms with van der Waals surface area (Å²) in [5.74, 6) is -0.0869. The molecule has 1 aromatic carbocycles. The van der Waals surface area contributed by atoms with E-state index >= 15 is 0 Å². The number of methoxy groups -OCH3 is 1. The Kier molecular flexibility index (Phi) is 7.29. The van der Waals surface area contributed by atoms with Gasteiger partial charge in [0.1, 0.15) is 6.04 Å². The van der Waals surface area contributed by atoms with Crippen LogP contribution in [-0.4, -0.2) is 34.3 Å². The van der Waals surface area contributed by atoms with Crippen molar-refractivity contribution in [2.24, 2.45) is 5.92 Å². The summed E-state index contributed by atoms with van der Waals surface area (Å²) < 4.78 is 7.54. The second-order valence-corrected chi connectivity index (χ2v) is 9.15. The van der Waals surface area contributed by atoms with Crippen molar-refractivity contribution in [1.29, 1.82) is 0 Å². The van der Waals surface area contributed by atoms with E-state index in [4.69, 9.17) is 17.0 Å². The summed E-state index contributed by atoms with van der Waals surface area (Å²) in [6.45, 7) is 7.12. The molecule has 2 aromatic heterocycles. The van der Waals surface area contributed by atoms with E-state index in [0.717, 1.165) is 34.9 Å². The fourth-order valence-corrected chi connectivity index (χ4v) is 4.58. The maximum absolute atomic E-state index is 12.2. The average Bonchev–Trinajstić information content (AvgIpc) is 3.43. The Morgan fingerprint density at radius 3 is 2.74 bits per heavy atom. The zero-order chi connectivity index (χ0) is 24.2. The van der Waals surface area contributed by atoms with Crippen LogP contribution in [0.4, 0.5) is 11.4 Å². The molecule has 8 heteroatoms. The fourth-order valence-electron chi connectivity index (χ4n) is 4.24. The summed E-state index contributed by atoms with van der Waals surface area (Å²) in [7, 11) is 1.71. The van der Waals surface area contributed by atoms with Crippen LogP contribution >= 0.6 is 12.2 Å². The van der Waals surface area contributed by atoms with E-state index < -0.39 is 0 Å². The Morgan fingerprint density at radius 1 is 1.24 bits per heavy atom. The number of anilines is 2. The largest absolute Gasteiger partial charge is 0.383 e. The van der Waals surface area contributed by atoms with Gasteiger partial charge in [0.05, 0.1) is 18.3 Å². The van der Waals surface area contributed by atoms with Crippen LogP contribution in [0.25, 0.3) is 0 Å². The van der Waals surface area contributed by atoms with Gasteiger partial charge in [-0.15, -0.1) is 0 Å². The summed E-state index contributed by atoms with van der Waals surface area (Å²) in [5.41, 5.74) is 4.79. The van der Waals surface area contributed by atoms with E-state index in [-0.39, 0.29) is 23.9 Å². The van der Waals surface area contributed by atoms with Crippen molar-refractivity contribution >= 4 is 34.6 Å². The predicted molar refractivity (Wildman–Crippen MR) is 139 cm³/mol. The Morgan fingerprint density at radius 2 is 2.06 bits per heavy atom. The van der Waals surface area contributed by atoms with Crippen molar-refractivity contribution in [1.82, 2.24) is 14.9 Å². The number of pyridine rings is 1. The van der Waals surface area contributed by atoms with E-state index in [0.29, 0.717) is 11.7 Å². The summed E-state index contributed by atoms with van der Waals surface area (Å²) in [5, 5.41) is 7.15. The van der Waals surface area contributed by atoms with Crippen LogP contribution in [0, 0.1) is 12.8 Å². The van der Waals surface area contributed by atoms with Gasteiger partial charge in [0, 0.05) is 49.0 Å². The molecular formula is C26H31N5O2S. The lowest BCUT2D eigenvalue weighted by atomic mass is 10.0. The van der Waals surface area contributed by atoms with E-state index in [1.54, 1.807) is 13.3 Å². The minimum absolute atomic E-state index is 0.00160. The minimum atomic E-state index is -0.120. The zero-order valence-electron chi connectivity index (χ0n) is 20.0. The van der Waals surface area contributed by atoms with Gasteiger partial charge >= 0.3 is 0 Å². The van der Waals surface area contributed by atoms with Crippen molar-refractivity contribution in [3.63, 3.8) is 0 Å². The molecule has 1 aliphatic heterocycles. The van der Waals surface area contributed by atoms with Gasteiger partial charge < -0.3 is 24.8 Å². The van der Waals surface area contributed by atoms with E-state index in [1.165, 1.54) is 0 Å². The van der Waals surface area contributed by atoms with Gasteiger partial charge in [0.25, 0.3) is 0 Å². The number of aromatic nitrogens is 2. The number of amides is 1. The third-order valence-corrected chi connectivity index (χ3v) is 6.39. The number of benzene rings is 1. The molecule has 178 valence electrons. The first-order chi connectivity index (χ1) is 16.4. The molecule has 1 saturated heterocycles. The Bertz CT molecular complexity index is 1160. The van der Waals surface area contributed by atoms with Crippen LogP contribution in [0.3, 0.4) is 0 Å². The van der Waals surface area contributed by atoms with Crippen molar-refractivity contribution < 1.29 is 9.53 Å². The van der Waals surface area contributed by atoms with Gasteiger partial charge in [-0.1, -0.05) is 19.9 Å². The van der Waals surface area contributed by atoms with Crippen LogP contribution in [0.2, 0.25) is 0 Å². The highest BCUT2D eigenvalue weighted by molar-refractivity contribution is 7.80. The van der Waals surface area contributed by atoms with E-state index in [1.807, 2.05) is 51.1 Å². The van der Waals surface area contributed by atoms with E-state index in [9.17, 15) is 4.79 Å². The molecule has 0 radical (unpaired) electrons. The molecule has 7 nitrogen and oxygen atoms in total. The van der Waals surface area contributed by atoms with E-state index in [2.05, 4.69) is 49.5 Å². The van der Waals surface area contributed by atoms with Crippen LogP contribution in [0.1, 0.15) is 42.9 Å². The lowest BCUT2D eigenvalue weighted by Gasteiger charge is -2.29. The molecule has 0 bridgehead atoms. The predicted octanol–water partition coefficient (Wildman–Crippen LogP) is 4.61. The highest BCUT2D eigenvalue weighted by Crippen LogP contribution is 2.42. The van der Waals surface area contributed by atoms with Crippen molar-refractivity contribution in [2.75, 3.05) is 23.9 Å². The molecule has 0 spiro atoms. The SMILES string of the molecule is COCCn1cccc1[C@@H]1[C@H](c2ccccn2)NC(=S)N1c1ccc(NC(=O)C(C)C)c(C)c1. The fraction of sp³-hybridized carbons (Fsp3) is 0.346. The van der Waals surface area contributed by atoms with Crippen LogP contribution in [0.5, 0.6) is 0 Å². The number of nitrogens with one attached hydrogen (secondary N) is 2. The number of nitrogens with zero attached hydrogens (tertiary/aromatic N) is 3. The summed E-state index contributed by atoms with van der Waals surface area (Å²) in [6, 6.07) is 15.9. The Balaban J connectivity index is 1.74. The number of carbonyl (C=O) groups is 1. The lowest BCUT2D eigenvalue weighted by Crippen LogP contribution is -2.30. The van der Waals surface area contributed by atoms with Gasteiger partial charge in [-0.2, -0.15) is 0 Å². The molecule has 3 aromatic rings. The quantitative estimate of drug-likeness (QED) is 0.462. The number of hydrogen-bond donors (Lipinski definition) is 2. The summed E-state index contributed by atoms with van der Waals surface area (Å²) >= 11 is 5.84. The maximum Gasteiger partial charge on any atom is 0.226 e. The van der Waals surface area contributed by atoms with Crippen LogP contribution < -0.4 is 15.5 Å². The third kappa shape index (κ3) is 4.83. The number of rotatable bonds is 8. The molecule has 1 fully saturated rings. The van der Waals surface area contributed by atoms with Crippen LogP contribution in [0.15, 0.2) is 60.9 Å². The van der Waals surface area contributed by atoms with Crippen molar-refractivity contribution in [2.45, 2.75) is 39.4 Å². The lowest BCUT2D eigenvalue weighted by molar-refractivity contribution is -0.118. The summed E-state index contributed by atoms with van der Waals surface area (Å²) in [4.78, 5) is 19.0. The Hall–Kier alpha value is -3.23. The number of carbonyl (C=O) groups excluding carboxylic acids is 1. The molecule has 4 rings (SSSR count). The minimum Gasteiger partial charge on any atom is -0.383 e. The normalized spacial score (nSPS) is 17.8. The highest BCUT2D eigenvalue weighted by atomic mass is 32.1. The molecular weight excluding hydrogens is 446 g/mol. The van der Waals surface area contributed by atoms with Gasteiger partial charge in [-0.05, 0) is 67.2 Å². The molecule has 0 unspecified atom stereocenters.